The van der Waals surface area contributed by atoms with Gasteiger partial charge in [0.15, 0.2) is 0 Å². The van der Waals surface area contributed by atoms with Crippen LogP contribution in [0.3, 0.4) is 0 Å². The lowest BCUT2D eigenvalue weighted by atomic mass is 9.83. The molecule has 9 nitrogen and oxygen atoms in total. The maximum atomic E-state index is 14.5. The Labute approximate surface area is 212 Å². The predicted octanol–water partition coefficient (Wildman–Crippen LogP) is 3.23. The molecule has 2 saturated heterocycles. The van der Waals surface area contributed by atoms with E-state index in [9.17, 15) is 9.65 Å². The van der Waals surface area contributed by atoms with Crippen LogP contribution in [0.4, 0.5) is 4.39 Å². The molecule has 11 heteroatoms. The van der Waals surface area contributed by atoms with Gasteiger partial charge in [-0.05, 0) is 25.1 Å². The zero-order valence-corrected chi connectivity index (χ0v) is 22.3. The van der Waals surface area contributed by atoms with Crippen LogP contribution in [-0.2, 0) is 17.0 Å². The van der Waals surface area contributed by atoms with Gasteiger partial charge in [-0.25, -0.2) is 14.4 Å². The second-order valence-electron chi connectivity index (χ2n) is 11.3. The Kier molecular flexibility index (Phi) is 6.96. The van der Waals surface area contributed by atoms with Crippen LogP contribution in [0.2, 0.25) is 25.7 Å². The van der Waals surface area contributed by atoms with Crippen LogP contribution in [0.25, 0.3) is 22.3 Å². The monoisotopic (exact) mass is 510 g/mol. The highest BCUT2D eigenvalue weighted by molar-refractivity contribution is 6.76. The minimum Gasteiger partial charge on any atom is -0.361 e. The van der Waals surface area contributed by atoms with Gasteiger partial charge in [-0.15, -0.1) is 0 Å². The summed E-state index contributed by atoms with van der Waals surface area (Å²) >= 11 is 0. The number of likely N-dealkylation sites (tertiary alicyclic amines) is 1. The number of fused-ring (bicyclic) bond motifs is 1. The first-order valence-electron chi connectivity index (χ1n) is 12.7. The fraction of sp³-hybridized carbons (Fsp3) is 0.600. The third-order valence-corrected chi connectivity index (χ3v) is 9.07. The van der Waals surface area contributed by atoms with Gasteiger partial charge < -0.3 is 14.6 Å². The Balaban J connectivity index is 1.33. The zero-order valence-electron chi connectivity index (χ0n) is 21.3. The molecule has 0 amide bonds. The van der Waals surface area contributed by atoms with Gasteiger partial charge in [0.2, 0.25) is 0 Å². The predicted molar refractivity (Wildman–Crippen MR) is 139 cm³/mol. The summed E-state index contributed by atoms with van der Waals surface area (Å²) in [5.74, 6) is 0. The van der Waals surface area contributed by atoms with Crippen molar-refractivity contribution in [1.29, 1.82) is 5.26 Å². The van der Waals surface area contributed by atoms with Crippen molar-refractivity contribution in [1.82, 2.24) is 34.5 Å². The Hall–Kier alpha value is -2.65. The number of nitriles is 1. The number of alkyl halides is 1. The van der Waals surface area contributed by atoms with E-state index in [0.29, 0.717) is 32.8 Å². The molecule has 192 valence electrons. The molecule has 1 N–H and O–H groups in total. The Bertz CT molecular complexity index is 1240. The van der Waals surface area contributed by atoms with Crippen molar-refractivity contribution in [2.24, 2.45) is 0 Å². The van der Waals surface area contributed by atoms with Gasteiger partial charge in [-0.3, -0.25) is 9.58 Å². The molecular formula is C25H35FN8OSi. The third-order valence-electron chi connectivity index (χ3n) is 7.37. The first-order chi connectivity index (χ1) is 17.3. The van der Waals surface area contributed by atoms with E-state index >= 15 is 0 Å². The standard InChI is InChI=1S/C25H35FN8OSi/c1-36(2,3)11-10-35-18-32-9-5-20-23(29-17-30-24(20)32)19-12-31-34(14-19)25(6-7-27)15-33(16-25)22-4-8-28-13-21(22)26/h5,9,12,14,17,21-22,28H,4,6,8,10-11,13,15-16,18H2,1-3H3. The number of hydrogen-bond donors (Lipinski definition) is 1. The molecule has 0 aliphatic carbocycles. The van der Waals surface area contributed by atoms with Gasteiger partial charge in [-0.2, -0.15) is 10.4 Å². The maximum absolute atomic E-state index is 14.5. The fourth-order valence-electron chi connectivity index (χ4n) is 5.23. The SMILES string of the molecule is C[Si](C)(C)CCOCn1ccc2c(-c3cnn(C4(CC#N)CN(C5CCNCC5F)C4)c3)ncnc21. The number of halogens is 1. The number of aromatic nitrogens is 5. The molecule has 5 heterocycles. The highest BCUT2D eigenvalue weighted by Crippen LogP contribution is 2.37. The minimum absolute atomic E-state index is 0.0951. The van der Waals surface area contributed by atoms with Crippen LogP contribution in [0, 0.1) is 11.3 Å². The van der Waals surface area contributed by atoms with Gasteiger partial charge in [0, 0.05) is 63.7 Å². The third kappa shape index (κ3) is 4.95. The first-order valence-corrected chi connectivity index (χ1v) is 16.4. The lowest BCUT2D eigenvalue weighted by Gasteiger charge is -2.53. The second kappa shape index (κ2) is 10.0. The van der Waals surface area contributed by atoms with Gasteiger partial charge in [-0.1, -0.05) is 19.6 Å². The van der Waals surface area contributed by atoms with Crippen molar-refractivity contribution in [3.63, 3.8) is 0 Å². The highest BCUT2D eigenvalue weighted by atomic mass is 28.3. The van der Waals surface area contributed by atoms with Crippen LogP contribution >= 0.6 is 0 Å². The molecule has 0 aromatic carbocycles. The van der Waals surface area contributed by atoms with Crippen molar-refractivity contribution >= 4 is 19.1 Å². The smallest absolute Gasteiger partial charge is 0.145 e. The second-order valence-corrected chi connectivity index (χ2v) is 16.9. The van der Waals surface area contributed by atoms with Crippen LogP contribution in [0.15, 0.2) is 31.0 Å². The highest BCUT2D eigenvalue weighted by Gasteiger charge is 2.49. The van der Waals surface area contributed by atoms with Crippen molar-refractivity contribution in [3.8, 4) is 17.3 Å². The first kappa shape index (κ1) is 25.0. The lowest BCUT2D eigenvalue weighted by molar-refractivity contribution is -0.0560. The van der Waals surface area contributed by atoms with E-state index in [-0.39, 0.29) is 6.04 Å². The van der Waals surface area contributed by atoms with Gasteiger partial charge >= 0.3 is 0 Å². The minimum atomic E-state index is -1.14. The molecule has 0 spiro atoms. The summed E-state index contributed by atoms with van der Waals surface area (Å²) in [7, 11) is -1.14. The molecule has 5 rings (SSSR count). The largest absolute Gasteiger partial charge is 0.361 e. The summed E-state index contributed by atoms with van der Waals surface area (Å²) in [6, 6.07) is 5.36. The molecule has 3 aromatic heterocycles. The number of hydrogen-bond acceptors (Lipinski definition) is 7. The van der Waals surface area contributed by atoms with E-state index in [0.717, 1.165) is 47.9 Å². The van der Waals surface area contributed by atoms with Gasteiger partial charge in [0.05, 0.1) is 24.4 Å². The van der Waals surface area contributed by atoms with E-state index < -0.39 is 19.8 Å². The molecule has 0 saturated carbocycles. The fourth-order valence-corrected chi connectivity index (χ4v) is 5.99. The van der Waals surface area contributed by atoms with Crippen LogP contribution in [-0.4, -0.2) is 82.3 Å². The maximum Gasteiger partial charge on any atom is 0.145 e. The summed E-state index contributed by atoms with van der Waals surface area (Å²) in [6.07, 6.45) is 7.55. The summed E-state index contributed by atoms with van der Waals surface area (Å²) in [6.45, 7) is 10.7. The van der Waals surface area contributed by atoms with E-state index in [1.165, 1.54) is 0 Å². The molecule has 2 unspecified atom stereocenters. The summed E-state index contributed by atoms with van der Waals surface area (Å²) < 4.78 is 24.3. The van der Waals surface area contributed by atoms with E-state index in [1.807, 2.05) is 27.7 Å². The van der Waals surface area contributed by atoms with Crippen molar-refractivity contribution in [3.05, 3.63) is 31.0 Å². The molecule has 2 atom stereocenters. The molecule has 36 heavy (non-hydrogen) atoms. The van der Waals surface area contributed by atoms with E-state index in [4.69, 9.17) is 4.74 Å². The van der Waals surface area contributed by atoms with Gasteiger partial charge in [0.25, 0.3) is 0 Å². The van der Waals surface area contributed by atoms with E-state index in [1.54, 1.807) is 12.5 Å². The van der Waals surface area contributed by atoms with Crippen LogP contribution in [0.5, 0.6) is 0 Å². The van der Waals surface area contributed by atoms with Crippen LogP contribution < -0.4 is 5.32 Å². The Morgan fingerprint density at radius 1 is 1.31 bits per heavy atom. The van der Waals surface area contributed by atoms with Crippen molar-refractivity contribution in [2.45, 2.75) is 63.0 Å². The zero-order chi connectivity index (χ0) is 25.3. The average molecular weight is 511 g/mol. The molecule has 2 aliphatic heterocycles. The van der Waals surface area contributed by atoms with Crippen LogP contribution in [0.1, 0.15) is 12.8 Å². The van der Waals surface area contributed by atoms with Crippen molar-refractivity contribution < 1.29 is 9.13 Å². The lowest BCUT2D eigenvalue weighted by Crippen LogP contribution is -2.68. The number of nitrogens with zero attached hydrogens (tertiary/aromatic N) is 7. The molecule has 0 radical (unpaired) electrons. The molecular weight excluding hydrogens is 475 g/mol. The Morgan fingerprint density at radius 2 is 2.14 bits per heavy atom. The van der Waals surface area contributed by atoms with E-state index in [2.05, 4.69) is 51.0 Å². The van der Waals surface area contributed by atoms with Crippen molar-refractivity contribution in [2.75, 3.05) is 32.8 Å². The summed E-state index contributed by atoms with van der Waals surface area (Å²) in [5, 5.41) is 18.2. The molecule has 3 aromatic rings. The topological polar surface area (TPSA) is 96.8 Å². The molecule has 2 aliphatic rings. The number of nitrogens with one attached hydrogen (secondary N) is 1. The van der Waals surface area contributed by atoms with Gasteiger partial charge in [0.1, 0.15) is 30.4 Å². The molecule has 2 fully saturated rings. The normalized spacial score (nSPS) is 22.4. The number of rotatable bonds is 9. The summed E-state index contributed by atoms with van der Waals surface area (Å²) in [5.41, 5.74) is 2.06. The Morgan fingerprint density at radius 3 is 2.89 bits per heavy atom. The number of piperidine rings is 1. The number of ether oxygens (including phenoxy) is 1. The quantitative estimate of drug-likeness (QED) is 0.349. The average Bonchev–Trinajstić information content (AvgIpc) is 3.47. The summed E-state index contributed by atoms with van der Waals surface area (Å²) in [4.78, 5) is 11.2. The molecule has 0 bridgehead atoms.